The lowest BCUT2D eigenvalue weighted by molar-refractivity contribution is -0.0139. The quantitative estimate of drug-likeness (QED) is 0.256. The third-order valence-electron chi connectivity index (χ3n) is 2.75. The molecule has 0 amide bonds. The lowest BCUT2D eigenvalue weighted by Crippen LogP contribution is -2.28. The molecule has 0 bridgehead atoms. The third kappa shape index (κ3) is 7.44. The van der Waals surface area contributed by atoms with E-state index in [1.54, 1.807) is 12.1 Å². The number of halogens is 1. The molecule has 134 valence electrons. The Morgan fingerprint density at radius 2 is 1.80 bits per heavy atom. The van der Waals surface area contributed by atoms with Crippen LogP contribution in [0.3, 0.4) is 0 Å². The number of benzene rings is 2. The van der Waals surface area contributed by atoms with Gasteiger partial charge in [-0.2, -0.15) is 13.5 Å². The number of aryl methyl sites for hydroxylation is 1. The highest BCUT2D eigenvalue weighted by molar-refractivity contribution is 9.10. The largest absolute Gasteiger partial charge is 0.367 e. The summed E-state index contributed by atoms with van der Waals surface area (Å²) in [6, 6.07) is 13.3. The van der Waals surface area contributed by atoms with Gasteiger partial charge < -0.3 is 5.73 Å². The Hall–Kier alpha value is -2.27. The second-order valence-electron chi connectivity index (χ2n) is 4.73. The minimum Gasteiger partial charge on any atom is -0.367 e. The summed E-state index contributed by atoms with van der Waals surface area (Å²) >= 11 is 3.31. The number of nitrogens with two attached hydrogens (primary N) is 1. The number of hydroxylamine groups is 1. The maximum absolute atomic E-state index is 10.5. The predicted octanol–water partition coefficient (Wildman–Crippen LogP) is 2.61. The Labute approximate surface area is 153 Å². The number of guanidine groups is 1. The molecule has 0 heterocycles. The van der Waals surface area contributed by atoms with Crippen LogP contribution in [-0.2, 0) is 10.1 Å². The van der Waals surface area contributed by atoms with Crippen LogP contribution in [0.25, 0.3) is 0 Å². The van der Waals surface area contributed by atoms with E-state index in [0.717, 1.165) is 15.6 Å². The lowest BCUT2D eigenvalue weighted by atomic mass is 10.2. The van der Waals surface area contributed by atoms with Crippen LogP contribution in [0.5, 0.6) is 0 Å². The van der Waals surface area contributed by atoms with Gasteiger partial charge in [0.05, 0.1) is 11.1 Å². The van der Waals surface area contributed by atoms with E-state index in [1.807, 2.05) is 31.2 Å². The Balaban J connectivity index is 0.000000257. The smallest absolute Gasteiger partial charge is 0.294 e. The van der Waals surface area contributed by atoms with Crippen LogP contribution in [0.15, 0.2) is 63.0 Å². The van der Waals surface area contributed by atoms with E-state index in [9.17, 15) is 8.42 Å². The summed E-state index contributed by atoms with van der Waals surface area (Å²) in [6.07, 6.45) is 1.39. The van der Waals surface area contributed by atoms with E-state index in [2.05, 4.69) is 21.0 Å². The molecule has 0 fully saturated rings. The van der Waals surface area contributed by atoms with Gasteiger partial charge in [0.15, 0.2) is 0 Å². The van der Waals surface area contributed by atoms with Crippen LogP contribution in [-0.4, -0.2) is 35.5 Å². The van der Waals surface area contributed by atoms with Gasteiger partial charge in [-0.3, -0.25) is 15.2 Å². The van der Waals surface area contributed by atoms with Crippen molar-refractivity contribution in [1.29, 1.82) is 5.41 Å². The second kappa shape index (κ2) is 9.28. The molecule has 0 aliphatic heterocycles. The van der Waals surface area contributed by atoms with Crippen molar-refractivity contribution in [1.82, 2.24) is 5.17 Å². The molecule has 5 N–H and O–H groups in total. The van der Waals surface area contributed by atoms with E-state index in [4.69, 9.17) is 20.9 Å². The van der Waals surface area contributed by atoms with Gasteiger partial charge in [0.1, 0.15) is 0 Å². The molecule has 10 heteroatoms. The first kappa shape index (κ1) is 20.8. The Morgan fingerprint density at radius 1 is 1.24 bits per heavy atom. The van der Waals surface area contributed by atoms with Crippen molar-refractivity contribution in [2.75, 3.05) is 0 Å². The number of hydrogen-bond acceptors (Lipinski definition) is 5. The molecule has 0 aliphatic rings. The minimum atomic E-state index is -4.02. The van der Waals surface area contributed by atoms with Crippen molar-refractivity contribution in [3.63, 3.8) is 0 Å². The van der Waals surface area contributed by atoms with E-state index >= 15 is 0 Å². The van der Waals surface area contributed by atoms with Gasteiger partial charge in [-0.05, 0) is 25.1 Å². The van der Waals surface area contributed by atoms with Gasteiger partial charge in [0.2, 0.25) is 5.96 Å². The van der Waals surface area contributed by atoms with E-state index in [0.29, 0.717) is 5.17 Å². The first-order valence-corrected chi connectivity index (χ1v) is 9.00. The predicted molar refractivity (Wildman–Crippen MR) is 98.3 cm³/mol. The van der Waals surface area contributed by atoms with Crippen LogP contribution in [0.1, 0.15) is 11.1 Å². The molecule has 0 unspecified atom stereocenters. The van der Waals surface area contributed by atoms with Crippen molar-refractivity contribution in [3.8, 4) is 0 Å². The average Bonchev–Trinajstić information content (AvgIpc) is 2.54. The van der Waals surface area contributed by atoms with Crippen molar-refractivity contribution in [2.45, 2.75) is 11.8 Å². The Kier molecular flexibility index (Phi) is 7.71. The number of hydrogen-bond donors (Lipinski definition) is 4. The van der Waals surface area contributed by atoms with Crippen molar-refractivity contribution in [2.24, 2.45) is 10.8 Å². The number of rotatable bonds is 3. The first-order chi connectivity index (χ1) is 11.6. The molecule has 0 aliphatic carbocycles. The molecule has 2 aromatic rings. The SMILES string of the molecule is Cc1ccc(S(=O)(=O)O)cc1.N=C(N)N(O)/N=C/c1ccccc1Br. The molecule has 2 rings (SSSR count). The van der Waals surface area contributed by atoms with Crippen molar-refractivity contribution >= 4 is 38.2 Å². The molecule has 0 atom stereocenters. The van der Waals surface area contributed by atoms with Gasteiger partial charge in [-0.25, -0.2) is 0 Å². The third-order valence-corrected chi connectivity index (χ3v) is 4.34. The molecule has 8 nitrogen and oxygen atoms in total. The first-order valence-electron chi connectivity index (χ1n) is 6.77. The minimum absolute atomic E-state index is 0.0666. The molecule has 0 radical (unpaired) electrons. The zero-order valence-corrected chi connectivity index (χ0v) is 15.6. The van der Waals surface area contributed by atoms with E-state index in [-0.39, 0.29) is 4.90 Å². The molecular formula is C15H17BrN4O4S. The Morgan fingerprint density at radius 3 is 2.28 bits per heavy atom. The highest BCUT2D eigenvalue weighted by atomic mass is 79.9. The van der Waals surface area contributed by atoms with Crippen LogP contribution >= 0.6 is 15.9 Å². The molecular weight excluding hydrogens is 412 g/mol. The van der Waals surface area contributed by atoms with Gasteiger partial charge in [0.25, 0.3) is 10.1 Å². The fourth-order valence-corrected chi connectivity index (χ4v) is 2.34. The fraction of sp³-hybridized carbons (Fsp3) is 0.0667. The van der Waals surface area contributed by atoms with Crippen molar-refractivity contribution in [3.05, 3.63) is 64.1 Å². The van der Waals surface area contributed by atoms with Gasteiger partial charge in [-0.1, -0.05) is 51.8 Å². The van der Waals surface area contributed by atoms with Gasteiger partial charge >= 0.3 is 0 Å². The summed E-state index contributed by atoms with van der Waals surface area (Å²) in [7, 11) is -4.02. The molecule has 25 heavy (non-hydrogen) atoms. The number of nitrogens with one attached hydrogen (secondary N) is 1. The topological polar surface area (TPSA) is 140 Å². The van der Waals surface area contributed by atoms with E-state index < -0.39 is 16.1 Å². The van der Waals surface area contributed by atoms with E-state index in [1.165, 1.54) is 18.3 Å². The average molecular weight is 429 g/mol. The fourth-order valence-electron chi connectivity index (χ4n) is 1.47. The summed E-state index contributed by atoms with van der Waals surface area (Å²) in [5.41, 5.74) is 6.71. The van der Waals surface area contributed by atoms with Gasteiger partial charge in [0, 0.05) is 10.0 Å². The monoisotopic (exact) mass is 428 g/mol. The summed E-state index contributed by atoms with van der Waals surface area (Å²) in [6.45, 7) is 1.84. The van der Waals surface area contributed by atoms with Crippen LogP contribution < -0.4 is 5.73 Å². The standard InChI is InChI=1S/C8H9BrN4O.C7H8O3S/c9-7-4-2-1-3-6(7)5-12-13(14)8(10)11;1-6-2-4-7(5-3-6)11(8,9)10/h1-5,14H,(H3,10,11);2-5H,1H3,(H,8,9,10)/b12-5+;. The lowest BCUT2D eigenvalue weighted by Gasteiger charge is -2.05. The highest BCUT2D eigenvalue weighted by Gasteiger charge is 2.06. The maximum atomic E-state index is 10.5. The number of hydrazone groups is 1. The second-order valence-corrected chi connectivity index (χ2v) is 7.00. The molecule has 2 aromatic carbocycles. The number of nitrogens with zero attached hydrogens (tertiary/aromatic N) is 2. The summed E-state index contributed by atoms with van der Waals surface area (Å²) < 4.78 is 30.4. The zero-order valence-electron chi connectivity index (χ0n) is 13.2. The van der Waals surface area contributed by atoms with Crippen molar-refractivity contribution < 1.29 is 18.2 Å². The van der Waals surface area contributed by atoms with Gasteiger partial charge in [-0.15, -0.1) is 5.17 Å². The highest BCUT2D eigenvalue weighted by Crippen LogP contribution is 2.13. The normalized spacial score (nSPS) is 10.9. The zero-order chi connectivity index (χ0) is 19.0. The van der Waals surface area contributed by atoms with Crippen LogP contribution in [0.2, 0.25) is 0 Å². The Bertz CT molecular complexity index is 854. The molecule has 0 spiro atoms. The van der Waals surface area contributed by atoms with Crippen LogP contribution in [0, 0.1) is 12.3 Å². The van der Waals surface area contributed by atoms with Crippen LogP contribution in [0.4, 0.5) is 0 Å². The molecule has 0 saturated carbocycles. The molecule has 0 saturated heterocycles. The summed E-state index contributed by atoms with van der Waals surface area (Å²) in [5.74, 6) is -0.534. The maximum Gasteiger partial charge on any atom is 0.294 e. The summed E-state index contributed by atoms with van der Waals surface area (Å²) in [5, 5.41) is 19.6. The molecule has 0 aromatic heterocycles. The summed E-state index contributed by atoms with van der Waals surface area (Å²) in [4.78, 5) is -0.0666.